The first kappa shape index (κ1) is 12.5. The lowest BCUT2D eigenvalue weighted by Gasteiger charge is -2.52. The van der Waals surface area contributed by atoms with Crippen molar-refractivity contribution in [1.82, 2.24) is 4.98 Å². The highest BCUT2D eigenvalue weighted by Crippen LogP contribution is 2.39. The van der Waals surface area contributed by atoms with Gasteiger partial charge in [-0.25, -0.2) is 4.98 Å². The van der Waals surface area contributed by atoms with Crippen molar-refractivity contribution in [3.05, 3.63) is 22.3 Å². The third-order valence-corrected chi connectivity index (χ3v) is 4.28. The SMILES string of the molecule is NC1C2CCCOC2C1Nc1ncc(Cl)cc1Cl. The molecule has 2 aliphatic rings. The molecule has 0 radical (unpaired) electrons. The maximum absolute atomic E-state index is 6.17. The van der Waals surface area contributed by atoms with Crippen LogP contribution < -0.4 is 11.1 Å². The summed E-state index contributed by atoms with van der Waals surface area (Å²) in [5.41, 5.74) is 6.17. The van der Waals surface area contributed by atoms with Gasteiger partial charge in [0, 0.05) is 24.8 Å². The van der Waals surface area contributed by atoms with Crippen LogP contribution in [0.25, 0.3) is 0 Å². The lowest BCUT2D eigenvalue weighted by Crippen LogP contribution is -2.69. The third-order valence-electron chi connectivity index (χ3n) is 3.79. The van der Waals surface area contributed by atoms with E-state index >= 15 is 0 Å². The number of fused-ring (bicyclic) bond motifs is 1. The Balaban J connectivity index is 1.73. The second-order valence-electron chi connectivity index (χ2n) is 4.87. The second kappa shape index (κ2) is 4.85. The maximum Gasteiger partial charge on any atom is 0.145 e. The Labute approximate surface area is 116 Å². The van der Waals surface area contributed by atoms with Crippen LogP contribution in [0.2, 0.25) is 10.0 Å². The monoisotopic (exact) mass is 287 g/mol. The molecule has 2 fully saturated rings. The molecule has 1 saturated carbocycles. The number of nitrogens with two attached hydrogens (primary N) is 1. The number of ether oxygens (including phenoxy) is 1. The fourth-order valence-corrected chi connectivity index (χ4v) is 3.24. The summed E-state index contributed by atoms with van der Waals surface area (Å²) in [5, 5.41) is 4.30. The molecule has 4 atom stereocenters. The molecule has 4 unspecified atom stereocenters. The molecule has 2 heterocycles. The van der Waals surface area contributed by atoms with E-state index < -0.39 is 0 Å². The number of hydrogen-bond acceptors (Lipinski definition) is 4. The van der Waals surface area contributed by atoms with E-state index in [0.29, 0.717) is 21.8 Å². The molecule has 1 aromatic rings. The Morgan fingerprint density at radius 3 is 3.06 bits per heavy atom. The molecule has 1 aromatic heterocycles. The normalized spacial score (nSPS) is 34.6. The van der Waals surface area contributed by atoms with Crippen LogP contribution in [0.1, 0.15) is 12.8 Å². The van der Waals surface area contributed by atoms with E-state index in [4.69, 9.17) is 33.7 Å². The quantitative estimate of drug-likeness (QED) is 0.876. The second-order valence-corrected chi connectivity index (χ2v) is 5.72. The highest BCUT2D eigenvalue weighted by Gasteiger charge is 2.50. The van der Waals surface area contributed by atoms with Gasteiger partial charge in [-0.3, -0.25) is 0 Å². The number of anilines is 1. The van der Waals surface area contributed by atoms with Crippen LogP contribution in [0, 0.1) is 5.92 Å². The van der Waals surface area contributed by atoms with Crippen LogP contribution in [0.5, 0.6) is 0 Å². The highest BCUT2D eigenvalue weighted by molar-refractivity contribution is 6.35. The van der Waals surface area contributed by atoms with Crippen LogP contribution in [-0.2, 0) is 4.74 Å². The van der Waals surface area contributed by atoms with E-state index in [9.17, 15) is 0 Å². The number of hydrogen-bond donors (Lipinski definition) is 2. The summed E-state index contributed by atoms with van der Waals surface area (Å²) in [6, 6.07) is 1.85. The summed E-state index contributed by atoms with van der Waals surface area (Å²) in [6.45, 7) is 0.813. The van der Waals surface area contributed by atoms with Crippen molar-refractivity contribution in [1.29, 1.82) is 0 Å². The van der Waals surface area contributed by atoms with Gasteiger partial charge in [-0.05, 0) is 18.9 Å². The van der Waals surface area contributed by atoms with E-state index in [2.05, 4.69) is 10.3 Å². The first-order chi connectivity index (χ1) is 8.66. The van der Waals surface area contributed by atoms with E-state index in [1.807, 2.05) is 0 Å². The zero-order chi connectivity index (χ0) is 12.7. The fraction of sp³-hybridized carbons (Fsp3) is 0.583. The molecule has 6 heteroatoms. The van der Waals surface area contributed by atoms with Crippen molar-refractivity contribution in [3.8, 4) is 0 Å². The Kier molecular flexibility index (Phi) is 3.36. The van der Waals surface area contributed by atoms with E-state index in [1.165, 1.54) is 0 Å². The minimum absolute atomic E-state index is 0.0847. The Morgan fingerprint density at radius 1 is 1.44 bits per heavy atom. The zero-order valence-corrected chi connectivity index (χ0v) is 11.3. The van der Waals surface area contributed by atoms with Gasteiger partial charge in [-0.15, -0.1) is 0 Å². The van der Waals surface area contributed by atoms with Crippen molar-refractivity contribution < 1.29 is 4.74 Å². The molecule has 0 bridgehead atoms. The standard InChI is InChI=1S/C12H15Cl2N3O/c13-6-4-8(14)12(16-5-6)17-10-9(15)7-2-1-3-18-11(7)10/h4-5,7,9-11H,1-3,15H2,(H,16,17). The molecule has 0 aromatic carbocycles. The van der Waals surface area contributed by atoms with Gasteiger partial charge >= 0.3 is 0 Å². The van der Waals surface area contributed by atoms with Crippen LogP contribution >= 0.6 is 23.2 Å². The molecule has 0 spiro atoms. The summed E-state index contributed by atoms with van der Waals surface area (Å²) >= 11 is 11.9. The number of nitrogens with zero attached hydrogens (tertiary/aromatic N) is 1. The smallest absolute Gasteiger partial charge is 0.145 e. The zero-order valence-electron chi connectivity index (χ0n) is 9.77. The number of rotatable bonds is 2. The first-order valence-corrected chi connectivity index (χ1v) is 6.87. The molecule has 18 heavy (non-hydrogen) atoms. The summed E-state index contributed by atoms with van der Waals surface area (Å²) in [6.07, 6.45) is 3.99. The minimum atomic E-state index is 0.0847. The largest absolute Gasteiger partial charge is 0.376 e. The van der Waals surface area contributed by atoms with Gasteiger partial charge in [-0.2, -0.15) is 0 Å². The van der Waals surface area contributed by atoms with Crippen molar-refractivity contribution in [3.63, 3.8) is 0 Å². The molecule has 3 N–H and O–H groups in total. The Hall–Kier alpha value is -0.550. The van der Waals surface area contributed by atoms with E-state index in [1.54, 1.807) is 12.3 Å². The summed E-state index contributed by atoms with van der Waals surface area (Å²) in [4.78, 5) is 4.19. The molecular formula is C12H15Cl2N3O. The molecule has 1 aliphatic carbocycles. The predicted molar refractivity (Wildman–Crippen MR) is 72.1 cm³/mol. The number of aromatic nitrogens is 1. The minimum Gasteiger partial charge on any atom is -0.376 e. The van der Waals surface area contributed by atoms with Crippen LogP contribution in [-0.4, -0.2) is 29.8 Å². The molecule has 4 nitrogen and oxygen atoms in total. The number of halogens is 2. The number of pyridine rings is 1. The summed E-state index contributed by atoms with van der Waals surface area (Å²) in [5.74, 6) is 1.08. The average Bonchev–Trinajstić information content (AvgIpc) is 2.37. The Morgan fingerprint density at radius 2 is 2.28 bits per heavy atom. The van der Waals surface area contributed by atoms with Crippen molar-refractivity contribution in [2.75, 3.05) is 11.9 Å². The molecule has 98 valence electrons. The van der Waals surface area contributed by atoms with Gasteiger partial charge < -0.3 is 15.8 Å². The topological polar surface area (TPSA) is 60.2 Å². The molecular weight excluding hydrogens is 273 g/mol. The lowest BCUT2D eigenvalue weighted by molar-refractivity contribution is -0.104. The third kappa shape index (κ3) is 2.07. The fourth-order valence-electron chi connectivity index (χ4n) is 2.80. The van der Waals surface area contributed by atoms with Crippen molar-refractivity contribution >= 4 is 29.0 Å². The highest BCUT2D eigenvalue weighted by atomic mass is 35.5. The molecule has 1 saturated heterocycles. The van der Waals surface area contributed by atoms with Gasteiger partial charge in [0.15, 0.2) is 0 Å². The van der Waals surface area contributed by atoms with Crippen LogP contribution in [0.4, 0.5) is 5.82 Å². The average molecular weight is 288 g/mol. The molecule has 3 rings (SSSR count). The van der Waals surface area contributed by atoms with Crippen LogP contribution in [0.15, 0.2) is 12.3 Å². The van der Waals surface area contributed by atoms with Crippen molar-refractivity contribution in [2.24, 2.45) is 11.7 Å². The predicted octanol–water partition coefficient (Wildman–Crippen LogP) is 2.30. The van der Waals surface area contributed by atoms with Gasteiger partial charge in [0.2, 0.25) is 0 Å². The van der Waals surface area contributed by atoms with Gasteiger partial charge in [0.25, 0.3) is 0 Å². The van der Waals surface area contributed by atoms with E-state index in [0.717, 1.165) is 19.4 Å². The van der Waals surface area contributed by atoms with E-state index in [-0.39, 0.29) is 18.2 Å². The van der Waals surface area contributed by atoms with Gasteiger partial charge in [0.1, 0.15) is 5.82 Å². The lowest BCUT2D eigenvalue weighted by atomic mass is 9.68. The first-order valence-electron chi connectivity index (χ1n) is 6.11. The molecule has 0 amide bonds. The van der Waals surface area contributed by atoms with Crippen LogP contribution in [0.3, 0.4) is 0 Å². The maximum atomic E-state index is 6.17. The summed E-state index contributed by atoms with van der Waals surface area (Å²) in [7, 11) is 0. The van der Waals surface area contributed by atoms with Gasteiger partial charge in [-0.1, -0.05) is 23.2 Å². The van der Waals surface area contributed by atoms with Crippen molar-refractivity contribution in [2.45, 2.75) is 31.0 Å². The van der Waals surface area contributed by atoms with Gasteiger partial charge in [0.05, 0.1) is 22.2 Å². The Bertz CT molecular complexity index is 457. The number of nitrogens with one attached hydrogen (secondary N) is 1. The summed E-state index contributed by atoms with van der Waals surface area (Å²) < 4.78 is 5.76. The molecule has 1 aliphatic heterocycles.